The number of anilines is 1. The van der Waals surface area contributed by atoms with Crippen LogP contribution in [0.15, 0.2) is 59.9 Å². The predicted molar refractivity (Wildman–Crippen MR) is 108 cm³/mol. The molecule has 2 N–H and O–H groups in total. The minimum absolute atomic E-state index is 0.0942. The number of nitrogens with zero attached hydrogens (tertiary/aromatic N) is 3. The van der Waals surface area contributed by atoms with Gasteiger partial charge in [0, 0.05) is 42.8 Å². The van der Waals surface area contributed by atoms with Crippen molar-refractivity contribution in [3.63, 3.8) is 0 Å². The van der Waals surface area contributed by atoms with Crippen molar-refractivity contribution in [2.45, 2.75) is 13.3 Å². The van der Waals surface area contributed by atoms with E-state index in [1.165, 1.54) is 4.57 Å². The molecule has 7 nitrogen and oxygen atoms in total. The predicted octanol–water partition coefficient (Wildman–Crippen LogP) is 2.81. The molecule has 1 amide bonds. The molecule has 0 aliphatic carbocycles. The summed E-state index contributed by atoms with van der Waals surface area (Å²) in [6.07, 6.45) is 7.08. The monoisotopic (exact) mass is 373 g/mol. The minimum Gasteiger partial charge on any atom is -0.357 e. The molecule has 4 aromatic rings. The molecule has 0 saturated carbocycles. The van der Waals surface area contributed by atoms with Crippen LogP contribution >= 0.6 is 0 Å². The Bertz CT molecular complexity index is 1220. The maximum atomic E-state index is 12.4. The number of aromatic nitrogens is 4. The zero-order valence-electron chi connectivity index (χ0n) is 15.6. The number of carbonyl (C=O) groups is 1. The fourth-order valence-electron chi connectivity index (χ4n) is 3.20. The number of aromatic amines is 1. The van der Waals surface area contributed by atoms with Crippen LogP contribution in [0.25, 0.3) is 22.2 Å². The van der Waals surface area contributed by atoms with Gasteiger partial charge in [-0.15, -0.1) is 0 Å². The molecule has 0 radical (unpaired) electrons. The Morgan fingerprint density at radius 1 is 1.18 bits per heavy atom. The van der Waals surface area contributed by atoms with E-state index in [1.807, 2.05) is 19.1 Å². The van der Waals surface area contributed by atoms with Crippen molar-refractivity contribution in [3.8, 4) is 11.3 Å². The molecule has 0 bridgehead atoms. The molecule has 4 rings (SSSR count). The highest BCUT2D eigenvalue weighted by molar-refractivity contribution is 5.95. The summed E-state index contributed by atoms with van der Waals surface area (Å²) in [5, 5.41) is 3.65. The summed E-state index contributed by atoms with van der Waals surface area (Å²) in [6, 6.07) is 9.16. The summed E-state index contributed by atoms with van der Waals surface area (Å²) in [6.45, 7) is 1.95. The van der Waals surface area contributed by atoms with Gasteiger partial charge in [-0.1, -0.05) is 6.07 Å². The number of fused-ring (bicyclic) bond motifs is 1. The lowest BCUT2D eigenvalue weighted by Gasteiger charge is -2.11. The second kappa shape index (κ2) is 7.11. The van der Waals surface area contributed by atoms with Crippen molar-refractivity contribution >= 4 is 22.6 Å². The summed E-state index contributed by atoms with van der Waals surface area (Å²) in [4.78, 5) is 36.3. The van der Waals surface area contributed by atoms with Crippen LogP contribution in [0.3, 0.4) is 0 Å². The maximum Gasteiger partial charge on any atom is 0.274 e. The van der Waals surface area contributed by atoms with Gasteiger partial charge in [-0.05, 0) is 42.3 Å². The Morgan fingerprint density at radius 2 is 1.96 bits per heavy atom. The Labute approximate surface area is 161 Å². The molecule has 0 fully saturated rings. The fraction of sp³-hybridized carbons (Fsp3) is 0.143. The molecule has 28 heavy (non-hydrogen) atoms. The van der Waals surface area contributed by atoms with Crippen LogP contribution in [0, 0.1) is 6.92 Å². The molecule has 0 unspecified atom stereocenters. The average molecular weight is 373 g/mol. The zero-order chi connectivity index (χ0) is 19.7. The largest absolute Gasteiger partial charge is 0.357 e. The van der Waals surface area contributed by atoms with Crippen LogP contribution in [0.5, 0.6) is 0 Å². The van der Waals surface area contributed by atoms with Crippen molar-refractivity contribution in [1.29, 1.82) is 0 Å². The van der Waals surface area contributed by atoms with E-state index in [0.29, 0.717) is 11.3 Å². The van der Waals surface area contributed by atoms with Gasteiger partial charge in [-0.3, -0.25) is 14.6 Å². The van der Waals surface area contributed by atoms with Gasteiger partial charge in [0.15, 0.2) is 0 Å². The van der Waals surface area contributed by atoms with Gasteiger partial charge in [0.05, 0.1) is 12.1 Å². The van der Waals surface area contributed by atoms with Crippen molar-refractivity contribution in [1.82, 2.24) is 19.5 Å². The molecule has 0 saturated heterocycles. The van der Waals surface area contributed by atoms with E-state index in [9.17, 15) is 9.59 Å². The van der Waals surface area contributed by atoms with E-state index in [2.05, 4.69) is 20.3 Å². The number of aryl methyl sites for hydroxylation is 2. The molecule has 0 aliphatic rings. The third kappa shape index (κ3) is 3.29. The van der Waals surface area contributed by atoms with Crippen LogP contribution in [-0.4, -0.2) is 25.4 Å². The SMILES string of the molecule is Cc1ccc(NC(=O)Cc2ccncc2)nc1-c1cn(C)c(=O)c2[nH]ccc12. The van der Waals surface area contributed by atoms with Gasteiger partial charge in [0.2, 0.25) is 5.91 Å². The maximum absolute atomic E-state index is 12.4. The number of hydrogen-bond acceptors (Lipinski definition) is 4. The molecule has 0 spiro atoms. The quantitative estimate of drug-likeness (QED) is 0.575. The first-order valence-corrected chi connectivity index (χ1v) is 8.86. The smallest absolute Gasteiger partial charge is 0.274 e. The molecule has 4 aromatic heterocycles. The Hall–Kier alpha value is -3.74. The van der Waals surface area contributed by atoms with Gasteiger partial charge in [0.1, 0.15) is 11.3 Å². The third-order valence-corrected chi connectivity index (χ3v) is 4.63. The number of hydrogen-bond donors (Lipinski definition) is 2. The summed E-state index contributed by atoms with van der Waals surface area (Å²) in [5.41, 5.74) is 3.83. The lowest BCUT2D eigenvalue weighted by atomic mass is 10.0. The van der Waals surface area contributed by atoms with E-state index < -0.39 is 0 Å². The summed E-state index contributed by atoms with van der Waals surface area (Å²) in [5.74, 6) is 0.318. The number of pyridine rings is 3. The van der Waals surface area contributed by atoms with Crippen LogP contribution < -0.4 is 10.9 Å². The van der Waals surface area contributed by atoms with Crippen molar-refractivity contribution in [2.24, 2.45) is 7.05 Å². The lowest BCUT2D eigenvalue weighted by Crippen LogP contribution is -2.17. The molecule has 140 valence electrons. The van der Waals surface area contributed by atoms with Crippen LogP contribution in [0.1, 0.15) is 11.1 Å². The summed E-state index contributed by atoms with van der Waals surface area (Å²) in [7, 11) is 1.71. The molecule has 0 aromatic carbocycles. The Morgan fingerprint density at radius 3 is 2.75 bits per heavy atom. The summed E-state index contributed by atoms with van der Waals surface area (Å²) >= 11 is 0. The second-order valence-corrected chi connectivity index (χ2v) is 6.67. The molecule has 0 aliphatic heterocycles. The van der Waals surface area contributed by atoms with E-state index in [0.717, 1.165) is 27.8 Å². The van der Waals surface area contributed by atoms with Crippen LogP contribution in [0.2, 0.25) is 0 Å². The molecular formula is C21H19N5O2. The first-order valence-electron chi connectivity index (χ1n) is 8.86. The average Bonchev–Trinajstić information content (AvgIpc) is 3.17. The van der Waals surface area contributed by atoms with Crippen molar-refractivity contribution in [2.75, 3.05) is 5.32 Å². The number of rotatable bonds is 4. The van der Waals surface area contributed by atoms with E-state index in [4.69, 9.17) is 0 Å². The fourth-order valence-corrected chi connectivity index (χ4v) is 3.20. The zero-order valence-corrected chi connectivity index (χ0v) is 15.6. The number of carbonyl (C=O) groups excluding carboxylic acids is 1. The lowest BCUT2D eigenvalue weighted by molar-refractivity contribution is -0.115. The minimum atomic E-state index is -0.152. The van der Waals surface area contributed by atoms with E-state index >= 15 is 0 Å². The topological polar surface area (TPSA) is 92.7 Å². The highest BCUT2D eigenvalue weighted by Gasteiger charge is 2.14. The van der Waals surface area contributed by atoms with Crippen molar-refractivity contribution in [3.05, 3.63) is 76.6 Å². The standard InChI is InChI=1S/C21H19N5O2/c1-13-3-4-17(24-18(27)11-14-5-8-22-9-6-14)25-19(13)16-12-26(2)21(28)20-15(16)7-10-23-20/h3-10,12,23H,11H2,1-2H3,(H,24,25,27). The number of H-pyrrole nitrogens is 1. The van der Waals surface area contributed by atoms with Gasteiger partial charge in [-0.25, -0.2) is 4.98 Å². The Balaban J connectivity index is 1.69. The Kier molecular flexibility index (Phi) is 4.49. The molecule has 0 atom stereocenters. The highest BCUT2D eigenvalue weighted by atomic mass is 16.1. The van der Waals surface area contributed by atoms with Crippen LogP contribution in [0.4, 0.5) is 5.82 Å². The summed E-state index contributed by atoms with van der Waals surface area (Å²) < 4.78 is 1.53. The van der Waals surface area contributed by atoms with Gasteiger partial charge in [-0.2, -0.15) is 0 Å². The number of nitrogens with one attached hydrogen (secondary N) is 2. The normalized spacial score (nSPS) is 10.9. The van der Waals surface area contributed by atoms with Crippen molar-refractivity contribution < 1.29 is 4.79 Å². The van der Waals surface area contributed by atoms with Gasteiger partial charge in [0.25, 0.3) is 5.56 Å². The van der Waals surface area contributed by atoms with Crippen LogP contribution in [-0.2, 0) is 18.3 Å². The third-order valence-electron chi connectivity index (χ3n) is 4.63. The van der Waals surface area contributed by atoms with E-state index in [1.54, 1.807) is 50.0 Å². The molecular weight excluding hydrogens is 354 g/mol. The van der Waals surface area contributed by atoms with Gasteiger partial charge < -0.3 is 14.9 Å². The first kappa shape index (κ1) is 17.7. The molecule has 7 heteroatoms. The second-order valence-electron chi connectivity index (χ2n) is 6.67. The first-order chi connectivity index (χ1) is 13.5. The van der Waals surface area contributed by atoms with E-state index in [-0.39, 0.29) is 17.9 Å². The number of amides is 1. The highest BCUT2D eigenvalue weighted by Crippen LogP contribution is 2.28. The van der Waals surface area contributed by atoms with Gasteiger partial charge >= 0.3 is 0 Å². The molecule has 4 heterocycles.